The van der Waals surface area contributed by atoms with Gasteiger partial charge in [-0.05, 0) is 48.7 Å². The summed E-state index contributed by atoms with van der Waals surface area (Å²) in [6.07, 6.45) is 4.82. The van der Waals surface area contributed by atoms with E-state index in [0.29, 0.717) is 16.8 Å². The summed E-state index contributed by atoms with van der Waals surface area (Å²) in [4.78, 5) is 24.2. The summed E-state index contributed by atoms with van der Waals surface area (Å²) in [6, 6.07) is 13.0. The van der Waals surface area contributed by atoms with Crippen LogP contribution in [0.3, 0.4) is 0 Å². The van der Waals surface area contributed by atoms with Gasteiger partial charge in [0.2, 0.25) is 5.91 Å². The number of anilines is 1. The molecule has 1 saturated carbocycles. The minimum absolute atomic E-state index is 0.192. The zero-order chi connectivity index (χ0) is 16.9. The topological polar surface area (TPSA) is 58.2 Å². The van der Waals surface area contributed by atoms with Gasteiger partial charge in [0.15, 0.2) is 0 Å². The molecule has 0 bridgehead atoms. The molecule has 1 fully saturated rings. The van der Waals surface area contributed by atoms with Crippen molar-refractivity contribution in [3.63, 3.8) is 0 Å². The number of benzene rings is 2. The molecule has 2 aromatic carbocycles. The molecule has 0 atom stereocenters. The summed E-state index contributed by atoms with van der Waals surface area (Å²) in [5.41, 5.74) is 1.46. The Hall–Kier alpha value is -2.95. The smallest absolute Gasteiger partial charge is 0.253 e. The average Bonchev–Trinajstić information content (AvgIpc) is 3.37. The molecule has 5 heteroatoms. The maximum atomic E-state index is 13.1. The summed E-state index contributed by atoms with van der Waals surface area (Å²) in [5.74, 6) is -0.937. The maximum Gasteiger partial charge on any atom is 0.253 e. The number of hydrogen-bond acceptors (Lipinski definition) is 2. The Balaban J connectivity index is 1.68. The number of carbonyl (C=O) groups is 2. The lowest BCUT2D eigenvalue weighted by atomic mass is 10.1. The van der Waals surface area contributed by atoms with E-state index in [-0.39, 0.29) is 23.7 Å². The quantitative estimate of drug-likeness (QED) is 0.829. The molecule has 1 aliphatic rings. The molecule has 0 spiro atoms. The van der Waals surface area contributed by atoms with Gasteiger partial charge in [-0.2, -0.15) is 0 Å². The highest BCUT2D eigenvalue weighted by atomic mass is 19.1. The predicted octanol–water partition coefficient (Wildman–Crippen LogP) is 3.37. The molecule has 2 amide bonds. The summed E-state index contributed by atoms with van der Waals surface area (Å²) in [5, 5.41) is 5.59. The number of hydrogen-bond donors (Lipinski definition) is 2. The Bertz CT molecular complexity index is 797. The average molecular weight is 324 g/mol. The zero-order valence-corrected chi connectivity index (χ0v) is 13.0. The standard InChI is InChI=1S/C19H17FN2O2/c20-14-5-3-4-13(12-14)8-11-18(23)22-17-7-2-1-6-16(17)19(24)21-15-9-10-15/h1-8,11-12,15H,9-10H2,(H,21,24)(H,22,23)/b11-8+. The number of carbonyl (C=O) groups excluding carboxylic acids is 2. The van der Waals surface area contributed by atoms with Crippen LogP contribution in [-0.4, -0.2) is 17.9 Å². The van der Waals surface area contributed by atoms with E-state index in [9.17, 15) is 14.0 Å². The van der Waals surface area contributed by atoms with Gasteiger partial charge in [-0.1, -0.05) is 24.3 Å². The van der Waals surface area contributed by atoms with Crippen LogP contribution in [0.25, 0.3) is 6.08 Å². The molecule has 122 valence electrons. The van der Waals surface area contributed by atoms with Crippen molar-refractivity contribution in [2.45, 2.75) is 18.9 Å². The fourth-order valence-electron chi connectivity index (χ4n) is 2.24. The van der Waals surface area contributed by atoms with Gasteiger partial charge in [0.1, 0.15) is 5.82 Å². The number of halogens is 1. The first-order valence-electron chi connectivity index (χ1n) is 7.76. The summed E-state index contributed by atoms with van der Waals surface area (Å²) < 4.78 is 13.1. The molecule has 4 nitrogen and oxygen atoms in total. The second-order valence-electron chi connectivity index (χ2n) is 5.67. The van der Waals surface area contributed by atoms with Gasteiger partial charge in [-0.3, -0.25) is 9.59 Å². The number of para-hydroxylation sites is 1. The number of nitrogens with one attached hydrogen (secondary N) is 2. The first-order chi connectivity index (χ1) is 11.6. The first kappa shape index (κ1) is 15.9. The van der Waals surface area contributed by atoms with Gasteiger partial charge in [0, 0.05) is 12.1 Å². The minimum atomic E-state index is -0.383. The van der Waals surface area contributed by atoms with Crippen LogP contribution in [0.2, 0.25) is 0 Å². The van der Waals surface area contributed by atoms with Crippen LogP contribution in [-0.2, 0) is 4.79 Å². The van der Waals surface area contributed by atoms with Gasteiger partial charge in [0.25, 0.3) is 5.91 Å². The molecule has 0 aliphatic heterocycles. The van der Waals surface area contributed by atoms with Crippen molar-refractivity contribution in [1.29, 1.82) is 0 Å². The summed E-state index contributed by atoms with van der Waals surface area (Å²) in [7, 11) is 0. The van der Waals surface area contributed by atoms with Crippen LogP contribution in [0.15, 0.2) is 54.6 Å². The Labute approximate surface area is 139 Å². The molecule has 1 aliphatic carbocycles. The van der Waals surface area contributed by atoms with E-state index in [1.165, 1.54) is 24.3 Å². The Morgan fingerprint density at radius 3 is 2.62 bits per heavy atom. The van der Waals surface area contributed by atoms with Crippen molar-refractivity contribution in [2.75, 3.05) is 5.32 Å². The van der Waals surface area contributed by atoms with Crippen LogP contribution < -0.4 is 10.6 Å². The third kappa shape index (κ3) is 4.29. The molecule has 0 heterocycles. The molecule has 2 aromatic rings. The van der Waals surface area contributed by atoms with Crippen molar-refractivity contribution in [3.05, 3.63) is 71.6 Å². The molecule has 0 aromatic heterocycles. The van der Waals surface area contributed by atoms with Crippen molar-refractivity contribution in [2.24, 2.45) is 0 Å². The lowest BCUT2D eigenvalue weighted by Gasteiger charge is -2.09. The van der Waals surface area contributed by atoms with Gasteiger partial charge >= 0.3 is 0 Å². The zero-order valence-electron chi connectivity index (χ0n) is 13.0. The second-order valence-corrected chi connectivity index (χ2v) is 5.67. The molecular formula is C19H17FN2O2. The van der Waals surface area contributed by atoms with Crippen molar-refractivity contribution >= 4 is 23.6 Å². The monoisotopic (exact) mass is 324 g/mol. The van der Waals surface area contributed by atoms with Crippen molar-refractivity contribution in [1.82, 2.24) is 5.32 Å². The summed E-state index contributed by atoms with van der Waals surface area (Å²) in [6.45, 7) is 0. The van der Waals surface area contributed by atoms with Gasteiger partial charge < -0.3 is 10.6 Å². The maximum absolute atomic E-state index is 13.1. The number of amides is 2. The molecule has 3 rings (SSSR count). The molecule has 0 unspecified atom stereocenters. The fraction of sp³-hybridized carbons (Fsp3) is 0.158. The van der Waals surface area contributed by atoms with Gasteiger partial charge in [0.05, 0.1) is 11.3 Å². The molecular weight excluding hydrogens is 307 g/mol. The van der Waals surface area contributed by atoms with Crippen molar-refractivity contribution < 1.29 is 14.0 Å². The minimum Gasteiger partial charge on any atom is -0.349 e. The van der Waals surface area contributed by atoms with Gasteiger partial charge in [-0.15, -0.1) is 0 Å². The van der Waals surface area contributed by atoms with Crippen LogP contribution >= 0.6 is 0 Å². The predicted molar refractivity (Wildman–Crippen MR) is 91.0 cm³/mol. The Morgan fingerprint density at radius 1 is 1.08 bits per heavy atom. The lowest BCUT2D eigenvalue weighted by Crippen LogP contribution is -2.26. The van der Waals surface area contributed by atoms with Crippen LogP contribution in [0.4, 0.5) is 10.1 Å². The van der Waals surface area contributed by atoms with E-state index in [1.807, 2.05) is 0 Å². The molecule has 0 radical (unpaired) electrons. The Morgan fingerprint density at radius 2 is 1.88 bits per heavy atom. The number of rotatable bonds is 5. The largest absolute Gasteiger partial charge is 0.349 e. The third-order valence-corrected chi connectivity index (χ3v) is 3.62. The Kier molecular flexibility index (Phi) is 4.70. The highest BCUT2D eigenvalue weighted by molar-refractivity contribution is 6.07. The van der Waals surface area contributed by atoms with E-state index in [2.05, 4.69) is 10.6 Å². The fourth-order valence-corrected chi connectivity index (χ4v) is 2.24. The second kappa shape index (κ2) is 7.08. The third-order valence-electron chi connectivity index (χ3n) is 3.62. The first-order valence-corrected chi connectivity index (χ1v) is 7.76. The lowest BCUT2D eigenvalue weighted by molar-refractivity contribution is -0.111. The summed E-state index contributed by atoms with van der Waals surface area (Å²) >= 11 is 0. The van der Waals surface area contributed by atoms with E-state index >= 15 is 0 Å². The molecule has 2 N–H and O–H groups in total. The highest BCUT2D eigenvalue weighted by Crippen LogP contribution is 2.21. The highest BCUT2D eigenvalue weighted by Gasteiger charge is 2.24. The molecule has 24 heavy (non-hydrogen) atoms. The SMILES string of the molecule is O=C(/C=C/c1cccc(F)c1)Nc1ccccc1C(=O)NC1CC1. The van der Waals surface area contributed by atoms with Crippen LogP contribution in [0.1, 0.15) is 28.8 Å². The van der Waals surface area contributed by atoms with Crippen LogP contribution in [0, 0.1) is 5.82 Å². The van der Waals surface area contributed by atoms with E-state index < -0.39 is 0 Å². The van der Waals surface area contributed by atoms with E-state index in [4.69, 9.17) is 0 Å². The van der Waals surface area contributed by atoms with E-state index in [1.54, 1.807) is 36.4 Å². The van der Waals surface area contributed by atoms with Gasteiger partial charge in [-0.25, -0.2) is 4.39 Å². The van der Waals surface area contributed by atoms with E-state index in [0.717, 1.165) is 12.8 Å². The van der Waals surface area contributed by atoms with Crippen molar-refractivity contribution in [3.8, 4) is 0 Å². The normalized spacial score (nSPS) is 13.7. The van der Waals surface area contributed by atoms with Crippen LogP contribution in [0.5, 0.6) is 0 Å². The molecule has 0 saturated heterocycles.